The predicted molar refractivity (Wildman–Crippen MR) is 112 cm³/mol. The first-order valence-electron chi connectivity index (χ1n) is 8.44. The molecule has 0 saturated carbocycles. The molecule has 28 heavy (non-hydrogen) atoms. The Kier molecular flexibility index (Phi) is 8.00. The van der Waals surface area contributed by atoms with Gasteiger partial charge in [-0.05, 0) is 29.1 Å². The fourth-order valence-electron chi connectivity index (χ4n) is 3.17. The van der Waals surface area contributed by atoms with E-state index < -0.39 is 0 Å². The van der Waals surface area contributed by atoms with Crippen LogP contribution in [0.3, 0.4) is 0 Å². The van der Waals surface area contributed by atoms with Crippen molar-refractivity contribution in [3.63, 3.8) is 0 Å². The molecule has 9 heteroatoms. The van der Waals surface area contributed by atoms with E-state index in [1.54, 1.807) is 11.0 Å². The SMILES string of the molecule is Cl.Cl.O=C(Cc1coc(-c2cccs2)n1)N1CCNCC1c1cccc(F)c1. The molecular formula is C19H20Cl2FN3O2S. The van der Waals surface area contributed by atoms with Gasteiger partial charge in [-0.1, -0.05) is 18.2 Å². The van der Waals surface area contributed by atoms with Crippen LogP contribution < -0.4 is 5.32 Å². The van der Waals surface area contributed by atoms with Crippen molar-refractivity contribution in [1.29, 1.82) is 0 Å². The van der Waals surface area contributed by atoms with E-state index >= 15 is 0 Å². The lowest BCUT2D eigenvalue weighted by Crippen LogP contribution is -2.49. The molecule has 2 aromatic heterocycles. The van der Waals surface area contributed by atoms with Crippen LogP contribution in [0.1, 0.15) is 17.3 Å². The molecule has 1 aliphatic rings. The first-order chi connectivity index (χ1) is 12.7. The number of amides is 1. The molecule has 1 N–H and O–H groups in total. The molecule has 4 rings (SSSR count). The zero-order valence-corrected chi connectivity index (χ0v) is 17.3. The van der Waals surface area contributed by atoms with Crippen molar-refractivity contribution >= 4 is 42.1 Å². The largest absolute Gasteiger partial charge is 0.444 e. The molecule has 0 radical (unpaired) electrons. The van der Waals surface area contributed by atoms with E-state index in [-0.39, 0.29) is 49.0 Å². The van der Waals surface area contributed by atoms with Crippen molar-refractivity contribution < 1.29 is 13.6 Å². The molecular weight excluding hydrogens is 424 g/mol. The fourth-order valence-corrected chi connectivity index (χ4v) is 3.83. The molecule has 0 spiro atoms. The lowest BCUT2D eigenvalue weighted by Gasteiger charge is -2.36. The lowest BCUT2D eigenvalue weighted by molar-refractivity contribution is -0.133. The number of halogens is 3. The molecule has 5 nitrogen and oxygen atoms in total. The van der Waals surface area contributed by atoms with E-state index in [0.717, 1.165) is 17.0 Å². The topological polar surface area (TPSA) is 58.4 Å². The van der Waals surface area contributed by atoms with Crippen molar-refractivity contribution in [1.82, 2.24) is 15.2 Å². The van der Waals surface area contributed by atoms with Gasteiger partial charge in [-0.25, -0.2) is 9.37 Å². The number of thiophene rings is 1. The monoisotopic (exact) mass is 443 g/mol. The average molecular weight is 444 g/mol. The minimum absolute atomic E-state index is 0. The van der Waals surface area contributed by atoms with Crippen LogP contribution in [0.5, 0.6) is 0 Å². The maximum atomic E-state index is 13.6. The molecule has 1 unspecified atom stereocenters. The highest BCUT2D eigenvalue weighted by Crippen LogP contribution is 2.26. The first-order valence-corrected chi connectivity index (χ1v) is 9.32. The Morgan fingerprint density at radius 3 is 2.93 bits per heavy atom. The Hall–Kier alpha value is -1.93. The van der Waals surface area contributed by atoms with Gasteiger partial charge in [-0.15, -0.1) is 36.2 Å². The molecule has 1 atom stereocenters. The summed E-state index contributed by atoms with van der Waals surface area (Å²) in [6.45, 7) is 1.90. The summed E-state index contributed by atoms with van der Waals surface area (Å²) in [7, 11) is 0. The summed E-state index contributed by atoms with van der Waals surface area (Å²) < 4.78 is 19.1. The summed E-state index contributed by atoms with van der Waals surface area (Å²) in [5.41, 5.74) is 1.40. The zero-order chi connectivity index (χ0) is 17.9. The van der Waals surface area contributed by atoms with Gasteiger partial charge in [-0.2, -0.15) is 0 Å². The van der Waals surface area contributed by atoms with Gasteiger partial charge in [0.15, 0.2) is 0 Å². The third-order valence-electron chi connectivity index (χ3n) is 4.41. The van der Waals surface area contributed by atoms with Gasteiger partial charge in [-0.3, -0.25) is 4.79 Å². The van der Waals surface area contributed by atoms with E-state index in [1.807, 2.05) is 23.6 Å². The van der Waals surface area contributed by atoms with Crippen molar-refractivity contribution in [2.75, 3.05) is 19.6 Å². The normalized spacial score (nSPS) is 16.2. The molecule has 3 heterocycles. The summed E-state index contributed by atoms with van der Waals surface area (Å²) in [4.78, 5) is 20.0. The minimum Gasteiger partial charge on any atom is -0.444 e. The second-order valence-corrected chi connectivity index (χ2v) is 7.11. The molecule has 1 fully saturated rings. The number of carbonyl (C=O) groups excluding carboxylic acids is 1. The summed E-state index contributed by atoms with van der Waals surface area (Å²) in [6, 6.07) is 10.1. The van der Waals surface area contributed by atoms with Crippen LogP contribution in [-0.2, 0) is 11.2 Å². The van der Waals surface area contributed by atoms with E-state index in [2.05, 4.69) is 10.3 Å². The number of piperazine rings is 1. The predicted octanol–water partition coefficient (Wildman–Crippen LogP) is 4.10. The number of nitrogens with one attached hydrogen (secondary N) is 1. The number of benzene rings is 1. The van der Waals surface area contributed by atoms with Crippen LogP contribution in [0.4, 0.5) is 4.39 Å². The first kappa shape index (κ1) is 22.4. The molecule has 150 valence electrons. The third-order valence-corrected chi connectivity index (χ3v) is 5.27. The maximum Gasteiger partial charge on any atom is 0.236 e. The maximum absolute atomic E-state index is 13.6. The van der Waals surface area contributed by atoms with Crippen LogP contribution in [0.15, 0.2) is 52.5 Å². The van der Waals surface area contributed by atoms with Crippen LogP contribution in [0.2, 0.25) is 0 Å². The van der Waals surface area contributed by atoms with Gasteiger partial charge in [0.25, 0.3) is 0 Å². The molecule has 0 aliphatic carbocycles. The van der Waals surface area contributed by atoms with Gasteiger partial charge < -0.3 is 14.6 Å². The number of oxazole rings is 1. The molecule has 1 amide bonds. The number of carbonyl (C=O) groups is 1. The van der Waals surface area contributed by atoms with Gasteiger partial charge in [0.2, 0.25) is 11.8 Å². The number of aromatic nitrogens is 1. The standard InChI is InChI=1S/C19H18FN3O2S.2ClH/c20-14-4-1-3-13(9-14)16-11-21-6-7-23(16)18(24)10-15-12-25-19(22-15)17-5-2-8-26-17;;/h1-5,8-9,12,16,21H,6-7,10-11H2;2*1H. The number of hydrogen-bond donors (Lipinski definition) is 1. The summed E-state index contributed by atoms with van der Waals surface area (Å²) in [5, 5.41) is 5.23. The molecule has 0 bridgehead atoms. The van der Waals surface area contributed by atoms with Gasteiger partial charge in [0, 0.05) is 19.6 Å². The van der Waals surface area contributed by atoms with E-state index in [4.69, 9.17) is 4.42 Å². The summed E-state index contributed by atoms with van der Waals surface area (Å²) in [5.74, 6) is 0.203. The van der Waals surface area contributed by atoms with Gasteiger partial charge in [0.05, 0.1) is 23.0 Å². The molecule has 1 saturated heterocycles. The molecule has 3 aromatic rings. The quantitative estimate of drug-likeness (QED) is 0.659. The Morgan fingerprint density at radius 2 is 2.18 bits per heavy atom. The second kappa shape index (κ2) is 10.0. The third kappa shape index (κ3) is 4.91. The summed E-state index contributed by atoms with van der Waals surface area (Å²) in [6.07, 6.45) is 1.70. The Bertz CT molecular complexity index is 904. The Balaban J connectivity index is 0.00000140. The number of nitrogens with zero attached hydrogens (tertiary/aromatic N) is 2. The Labute approximate surface area is 178 Å². The highest BCUT2D eigenvalue weighted by atomic mass is 35.5. The minimum atomic E-state index is -0.294. The van der Waals surface area contributed by atoms with Crippen LogP contribution in [-0.4, -0.2) is 35.4 Å². The summed E-state index contributed by atoms with van der Waals surface area (Å²) >= 11 is 1.54. The number of rotatable bonds is 4. The Morgan fingerprint density at radius 1 is 1.32 bits per heavy atom. The second-order valence-electron chi connectivity index (χ2n) is 6.16. The fraction of sp³-hybridized carbons (Fsp3) is 0.263. The van der Waals surface area contributed by atoms with Crippen molar-refractivity contribution in [3.8, 4) is 10.8 Å². The lowest BCUT2D eigenvalue weighted by atomic mass is 10.0. The van der Waals surface area contributed by atoms with Crippen LogP contribution in [0, 0.1) is 5.82 Å². The van der Waals surface area contributed by atoms with E-state index in [9.17, 15) is 9.18 Å². The molecule has 1 aromatic carbocycles. The average Bonchev–Trinajstić information content (AvgIpc) is 3.33. The van der Waals surface area contributed by atoms with Gasteiger partial charge >= 0.3 is 0 Å². The smallest absolute Gasteiger partial charge is 0.236 e. The van der Waals surface area contributed by atoms with Crippen molar-refractivity contribution in [2.24, 2.45) is 0 Å². The molecule has 1 aliphatic heterocycles. The van der Waals surface area contributed by atoms with E-state index in [0.29, 0.717) is 24.7 Å². The zero-order valence-electron chi connectivity index (χ0n) is 14.8. The number of hydrogen-bond acceptors (Lipinski definition) is 5. The highest BCUT2D eigenvalue weighted by Gasteiger charge is 2.28. The van der Waals surface area contributed by atoms with E-state index in [1.165, 1.54) is 29.7 Å². The van der Waals surface area contributed by atoms with Crippen LogP contribution in [0.25, 0.3) is 10.8 Å². The van der Waals surface area contributed by atoms with Crippen molar-refractivity contribution in [2.45, 2.75) is 12.5 Å². The van der Waals surface area contributed by atoms with Crippen LogP contribution >= 0.6 is 36.2 Å². The highest BCUT2D eigenvalue weighted by molar-refractivity contribution is 7.13. The van der Waals surface area contributed by atoms with Crippen molar-refractivity contribution in [3.05, 3.63) is 65.1 Å². The van der Waals surface area contributed by atoms with Gasteiger partial charge in [0.1, 0.15) is 12.1 Å².